The van der Waals surface area contributed by atoms with Crippen LogP contribution in [-0.2, 0) is 6.54 Å². The Labute approximate surface area is 113 Å². The van der Waals surface area contributed by atoms with E-state index in [4.69, 9.17) is 0 Å². The Morgan fingerprint density at radius 1 is 1.41 bits per heavy atom. The molecule has 1 atom stereocenters. The Balaban J connectivity index is 1.98. The molecule has 0 aliphatic heterocycles. The van der Waals surface area contributed by atoms with Gasteiger partial charge >= 0.3 is 0 Å². The maximum absolute atomic E-state index is 13.1. The molecule has 1 heterocycles. The summed E-state index contributed by atoms with van der Waals surface area (Å²) in [5, 5.41) is 5.43. The normalized spacial score (nSPS) is 12.6. The topological polar surface area (TPSA) is 12.0 Å². The summed E-state index contributed by atoms with van der Waals surface area (Å²) in [5.41, 5.74) is 0.970. The lowest BCUT2D eigenvalue weighted by atomic mass is 10.1. The van der Waals surface area contributed by atoms with Crippen molar-refractivity contribution in [1.82, 2.24) is 5.32 Å². The minimum atomic E-state index is -0.187. The maximum Gasteiger partial charge on any atom is 0.123 e. The first-order valence-electron chi connectivity index (χ1n) is 5.37. The molecule has 0 amide bonds. The van der Waals surface area contributed by atoms with E-state index < -0.39 is 0 Å². The maximum atomic E-state index is 13.1. The molecule has 0 fully saturated rings. The molecular formula is C13H13BrFNS. The van der Waals surface area contributed by atoms with Crippen LogP contribution < -0.4 is 5.32 Å². The molecule has 0 unspecified atom stereocenters. The van der Waals surface area contributed by atoms with Crippen molar-refractivity contribution in [3.05, 3.63) is 56.4 Å². The van der Waals surface area contributed by atoms with Gasteiger partial charge in [-0.2, -0.15) is 0 Å². The van der Waals surface area contributed by atoms with Crippen LogP contribution in [0.3, 0.4) is 0 Å². The highest BCUT2D eigenvalue weighted by molar-refractivity contribution is 9.10. The fraction of sp³-hybridized carbons (Fsp3) is 0.231. The molecule has 2 rings (SSSR count). The lowest BCUT2D eigenvalue weighted by molar-refractivity contribution is 0.568. The average molecular weight is 314 g/mol. The Hall–Kier alpha value is -0.710. The third-order valence-corrected chi connectivity index (χ3v) is 4.53. The smallest absolute Gasteiger partial charge is 0.123 e. The highest BCUT2D eigenvalue weighted by Gasteiger charge is 2.07. The predicted octanol–water partition coefficient (Wildman–Crippen LogP) is 4.50. The standard InChI is InChI=1S/C13H13BrFNS/c1-9(10-3-2-4-11(15)7-10)16-8-13-12(14)5-6-17-13/h2-7,9,16H,8H2,1H3/t9-/m0/s1. The van der Waals surface area contributed by atoms with E-state index in [9.17, 15) is 4.39 Å². The molecule has 1 aromatic carbocycles. The second-order valence-electron chi connectivity index (χ2n) is 3.85. The second-order valence-corrected chi connectivity index (χ2v) is 5.70. The lowest BCUT2D eigenvalue weighted by Crippen LogP contribution is -2.17. The van der Waals surface area contributed by atoms with Crippen molar-refractivity contribution in [3.63, 3.8) is 0 Å². The van der Waals surface area contributed by atoms with Crippen molar-refractivity contribution in [2.24, 2.45) is 0 Å². The summed E-state index contributed by atoms with van der Waals surface area (Å²) in [6.45, 7) is 2.83. The third kappa shape index (κ3) is 3.37. The molecule has 2 aromatic rings. The van der Waals surface area contributed by atoms with Gasteiger partial charge in [0.05, 0.1) is 0 Å². The fourth-order valence-electron chi connectivity index (χ4n) is 1.59. The minimum absolute atomic E-state index is 0.139. The molecule has 0 aliphatic carbocycles. The lowest BCUT2D eigenvalue weighted by Gasteiger charge is -2.13. The van der Waals surface area contributed by atoms with Crippen molar-refractivity contribution in [2.45, 2.75) is 19.5 Å². The summed E-state index contributed by atoms with van der Waals surface area (Å²) >= 11 is 5.20. The Bertz CT molecular complexity index is 498. The molecule has 90 valence electrons. The third-order valence-electron chi connectivity index (χ3n) is 2.61. The van der Waals surface area contributed by atoms with Gasteiger partial charge in [0.25, 0.3) is 0 Å². The first-order chi connectivity index (χ1) is 8.16. The molecule has 0 bridgehead atoms. The summed E-state index contributed by atoms with van der Waals surface area (Å²) < 4.78 is 14.2. The molecular weight excluding hydrogens is 301 g/mol. The zero-order valence-corrected chi connectivity index (χ0v) is 11.8. The molecule has 1 N–H and O–H groups in total. The van der Waals surface area contributed by atoms with Crippen molar-refractivity contribution in [3.8, 4) is 0 Å². The molecule has 0 spiro atoms. The van der Waals surface area contributed by atoms with Crippen LogP contribution in [0.15, 0.2) is 40.2 Å². The van der Waals surface area contributed by atoms with Crippen LogP contribution in [0.4, 0.5) is 4.39 Å². The molecule has 4 heteroatoms. The van der Waals surface area contributed by atoms with E-state index in [-0.39, 0.29) is 11.9 Å². The number of benzene rings is 1. The molecule has 0 saturated heterocycles. The average Bonchev–Trinajstić information content (AvgIpc) is 2.72. The van der Waals surface area contributed by atoms with Gasteiger partial charge in [-0.05, 0) is 52.0 Å². The van der Waals surface area contributed by atoms with Gasteiger partial charge in [0.1, 0.15) is 5.82 Å². The molecule has 1 aromatic heterocycles. The largest absolute Gasteiger partial charge is 0.305 e. The van der Waals surface area contributed by atoms with E-state index in [1.54, 1.807) is 23.5 Å². The van der Waals surface area contributed by atoms with Gasteiger partial charge < -0.3 is 5.32 Å². The zero-order chi connectivity index (χ0) is 12.3. The van der Waals surface area contributed by atoms with Crippen LogP contribution in [0.1, 0.15) is 23.4 Å². The van der Waals surface area contributed by atoms with E-state index in [0.717, 1.165) is 16.6 Å². The fourth-order valence-corrected chi connectivity index (χ4v) is 3.03. The predicted molar refractivity (Wildman–Crippen MR) is 73.7 cm³/mol. The van der Waals surface area contributed by atoms with E-state index in [2.05, 4.69) is 21.2 Å². The Morgan fingerprint density at radius 2 is 2.24 bits per heavy atom. The van der Waals surface area contributed by atoms with Crippen LogP contribution in [0, 0.1) is 5.82 Å². The van der Waals surface area contributed by atoms with Crippen LogP contribution in [0.2, 0.25) is 0 Å². The first-order valence-corrected chi connectivity index (χ1v) is 7.05. The highest BCUT2D eigenvalue weighted by atomic mass is 79.9. The van der Waals surface area contributed by atoms with Gasteiger partial charge in [0, 0.05) is 21.9 Å². The van der Waals surface area contributed by atoms with Gasteiger partial charge in [0.2, 0.25) is 0 Å². The molecule has 17 heavy (non-hydrogen) atoms. The second kappa shape index (κ2) is 5.76. The van der Waals surface area contributed by atoms with Crippen LogP contribution in [0.5, 0.6) is 0 Å². The van der Waals surface area contributed by atoms with Crippen molar-refractivity contribution in [1.29, 1.82) is 0 Å². The molecule has 0 radical (unpaired) electrons. The SMILES string of the molecule is C[C@H](NCc1sccc1Br)c1cccc(F)c1. The minimum Gasteiger partial charge on any atom is -0.305 e. The number of hydrogen-bond donors (Lipinski definition) is 1. The molecule has 0 aliphatic rings. The van der Waals surface area contributed by atoms with Gasteiger partial charge in [-0.3, -0.25) is 0 Å². The number of halogens is 2. The number of rotatable bonds is 4. The monoisotopic (exact) mass is 313 g/mol. The summed E-state index contributed by atoms with van der Waals surface area (Å²) in [6, 6.07) is 8.88. The molecule has 0 saturated carbocycles. The number of thiophene rings is 1. The quantitative estimate of drug-likeness (QED) is 0.876. The zero-order valence-electron chi connectivity index (χ0n) is 9.41. The first kappa shape index (κ1) is 12.7. The van der Waals surface area contributed by atoms with E-state index in [0.29, 0.717) is 0 Å². The highest BCUT2D eigenvalue weighted by Crippen LogP contribution is 2.23. The summed E-state index contributed by atoms with van der Waals surface area (Å²) in [7, 11) is 0. The summed E-state index contributed by atoms with van der Waals surface area (Å²) in [5.74, 6) is -0.187. The summed E-state index contributed by atoms with van der Waals surface area (Å²) in [6.07, 6.45) is 0. The van der Waals surface area contributed by atoms with Crippen LogP contribution >= 0.6 is 27.3 Å². The van der Waals surface area contributed by atoms with E-state index >= 15 is 0 Å². The number of nitrogens with one attached hydrogen (secondary N) is 1. The Kier molecular flexibility index (Phi) is 4.31. The number of hydrogen-bond acceptors (Lipinski definition) is 2. The van der Waals surface area contributed by atoms with Gasteiger partial charge in [0.15, 0.2) is 0 Å². The van der Waals surface area contributed by atoms with Gasteiger partial charge in [-0.25, -0.2) is 4.39 Å². The van der Waals surface area contributed by atoms with Crippen LogP contribution in [-0.4, -0.2) is 0 Å². The Morgan fingerprint density at radius 3 is 2.88 bits per heavy atom. The van der Waals surface area contributed by atoms with Crippen molar-refractivity contribution < 1.29 is 4.39 Å². The summed E-state index contributed by atoms with van der Waals surface area (Å²) in [4.78, 5) is 1.26. The van der Waals surface area contributed by atoms with Crippen LogP contribution in [0.25, 0.3) is 0 Å². The molecule has 1 nitrogen and oxygen atoms in total. The van der Waals surface area contributed by atoms with Gasteiger partial charge in [-0.15, -0.1) is 11.3 Å². The van der Waals surface area contributed by atoms with E-state index in [1.807, 2.05) is 24.4 Å². The van der Waals surface area contributed by atoms with Crippen molar-refractivity contribution in [2.75, 3.05) is 0 Å². The van der Waals surface area contributed by atoms with E-state index in [1.165, 1.54) is 10.9 Å². The van der Waals surface area contributed by atoms with Gasteiger partial charge in [-0.1, -0.05) is 12.1 Å². The van der Waals surface area contributed by atoms with Crippen molar-refractivity contribution >= 4 is 27.3 Å².